The Hall–Kier alpha value is -3.60. The molecule has 5 nitrogen and oxygen atoms in total. The van der Waals surface area contributed by atoms with Crippen LogP contribution in [0.15, 0.2) is 77.8 Å². The van der Waals surface area contributed by atoms with Gasteiger partial charge < -0.3 is 14.2 Å². The molecule has 5 heteroatoms. The van der Waals surface area contributed by atoms with Gasteiger partial charge in [0.2, 0.25) is 0 Å². The summed E-state index contributed by atoms with van der Waals surface area (Å²) in [5, 5.41) is 0. The number of rotatable bonds is 30. The van der Waals surface area contributed by atoms with Crippen LogP contribution >= 0.6 is 0 Å². The molecule has 0 heterocycles. The Kier molecular flexibility index (Phi) is 23.0. The van der Waals surface area contributed by atoms with Gasteiger partial charge in [-0.15, -0.1) is 0 Å². The van der Waals surface area contributed by atoms with Crippen LogP contribution in [0.4, 0.5) is 5.69 Å². The molecule has 0 aliphatic carbocycles. The summed E-state index contributed by atoms with van der Waals surface area (Å²) < 4.78 is 17.5. The predicted molar refractivity (Wildman–Crippen MR) is 215 cm³/mol. The standard InChI is InChI=1S/C46H67NO4/c1-3-5-7-9-11-13-14-15-16-17-18-20-21-23-36-49-43-34-30-41(31-35-43)46(48)51-44-32-28-40(29-33-44)39-47-42-26-25-27-45(38-42)50-37-24-22-19-12-10-8-6-4-2/h25-35,38-39H,3-24,36-37H2,1-2H3. The smallest absolute Gasteiger partial charge is 0.343 e. The first-order valence-corrected chi connectivity index (χ1v) is 20.5. The Labute approximate surface area is 310 Å². The molecule has 0 N–H and O–H groups in total. The van der Waals surface area contributed by atoms with Gasteiger partial charge in [-0.25, -0.2) is 4.79 Å². The maximum atomic E-state index is 12.7. The largest absolute Gasteiger partial charge is 0.494 e. The summed E-state index contributed by atoms with van der Waals surface area (Å²) in [7, 11) is 0. The van der Waals surface area contributed by atoms with Gasteiger partial charge in [-0.1, -0.05) is 148 Å². The van der Waals surface area contributed by atoms with Gasteiger partial charge in [0.05, 0.1) is 24.5 Å². The molecule has 0 spiro atoms. The minimum absolute atomic E-state index is 0.390. The normalized spacial score (nSPS) is 11.3. The average molecular weight is 698 g/mol. The van der Waals surface area contributed by atoms with Gasteiger partial charge in [-0.05, 0) is 79.1 Å². The summed E-state index contributed by atoms with van der Waals surface area (Å²) in [6.45, 7) is 5.98. The second-order valence-electron chi connectivity index (χ2n) is 14.0. The fourth-order valence-corrected chi connectivity index (χ4v) is 6.19. The maximum absolute atomic E-state index is 12.7. The molecule has 0 aliphatic heterocycles. The van der Waals surface area contributed by atoms with Gasteiger partial charge in [0, 0.05) is 12.3 Å². The van der Waals surface area contributed by atoms with Gasteiger partial charge in [0.25, 0.3) is 0 Å². The quantitative estimate of drug-likeness (QED) is 0.0301. The molecular weight excluding hydrogens is 631 g/mol. The zero-order chi connectivity index (χ0) is 36.0. The number of carbonyl (C=O) groups is 1. The van der Waals surface area contributed by atoms with Gasteiger partial charge in [0.1, 0.15) is 17.2 Å². The molecule has 0 unspecified atom stereocenters. The van der Waals surface area contributed by atoms with Crippen LogP contribution in [0.5, 0.6) is 17.2 Å². The highest BCUT2D eigenvalue weighted by atomic mass is 16.5. The number of esters is 1. The fourth-order valence-electron chi connectivity index (χ4n) is 6.19. The molecular formula is C46H67NO4. The number of carbonyl (C=O) groups excluding carboxylic acids is 1. The number of hydrogen-bond acceptors (Lipinski definition) is 5. The van der Waals surface area contributed by atoms with Crippen molar-refractivity contribution in [1.82, 2.24) is 0 Å². The number of benzene rings is 3. The Balaban J connectivity index is 1.25. The fraction of sp³-hybridized carbons (Fsp3) is 0.565. The summed E-state index contributed by atoms with van der Waals surface area (Å²) in [5.41, 5.74) is 2.25. The summed E-state index contributed by atoms with van der Waals surface area (Å²) in [5.74, 6) is 1.73. The van der Waals surface area contributed by atoms with Gasteiger partial charge in [0.15, 0.2) is 0 Å². The van der Waals surface area contributed by atoms with Gasteiger partial charge >= 0.3 is 5.97 Å². The van der Waals surface area contributed by atoms with E-state index in [0.717, 1.165) is 42.2 Å². The number of ether oxygens (including phenoxy) is 3. The van der Waals surface area contributed by atoms with Crippen LogP contribution in [-0.2, 0) is 0 Å². The van der Waals surface area contributed by atoms with Crippen LogP contribution in [0.1, 0.15) is 171 Å². The van der Waals surface area contributed by atoms with E-state index < -0.39 is 5.97 Å². The SMILES string of the molecule is CCCCCCCCCCCCCCCCOc1ccc(C(=O)Oc2ccc(C=Nc3cccc(OCCCCCCCCCC)c3)cc2)cc1. The van der Waals surface area contributed by atoms with Gasteiger partial charge in [-0.3, -0.25) is 4.99 Å². The van der Waals surface area contributed by atoms with Crippen molar-refractivity contribution < 1.29 is 19.0 Å². The van der Waals surface area contributed by atoms with Crippen molar-refractivity contribution in [2.45, 2.75) is 155 Å². The van der Waals surface area contributed by atoms with E-state index in [2.05, 4.69) is 18.8 Å². The molecule has 0 aromatic heterocycles. The number of unbranched alkanes of at least 4 members (excludes halogenated alkanes) is 20. The first kappa shape index (κ1) is 41.8. The van der Waals surface area contributed by atoms with Crippen molar-refractivity contribution in [1.29, 1.82) is 0 Å². The predicted octanol–water partition coefficient (Wildman–Crippen LogP) is 14.0. The molecule has 3 aromatic carbocycles. The van der Waals surface area contributed by atoms with Crippen LogP contribution in [0, 0.1) is 0 Å². The molecule has 0 amide bonds. The summed E-state index contributed by atoms with van der Waals surface area (Å²) in [6, 6.07) is 22.5. The molecule has 0 radical (unpaired) electrons. The zero-order valence-electron chi connectivity index (χ0n) is 32.1. The minimum atomic E-state index is -0.390. The molecule has 0 atom stereocenters. The first-order chi connectivity index (χ1) is 25.2. The van der Waals surface area contributed by atoms with Crippen molar-refractivity contribution >= 4 is 17.9 Å². The van der Waals surface area contributed by atoms with Crippen molar-refractivity contribution in [2.75, 3.05) is 13.2 Å². The summed E-state index contributed by atoms with van der Waals surface area (Å²) >= 11 is 0. The van der Waals surface area contributed by atoms with Crippen molar-refractivity contribution in [3.63, 3.8) is 0 Å². The van der Waals surface area contributed by atoms with Crippen molar-refractivity contribution in [3.05, 3.63) is 83.9 Å². The third-order valence-corrected chi connectivity index (χ3v) is 9.39. The highest BCUT2D eigenvalue weighted by molar-refractivity contribution is 5.91. The maximum Gasteiger partial charge on any atom is 0.343 e. The van der Waals surface area contributed by atoms with E-state index >= 15 is 0 Å². The first-order valence-electron chi connectivity index (χ1n) is 20.5. The third-order valence-electron chi connectivity index (χ3n) is 9.39. The zero-order valence-corrected chi connectivity index (χ0v) is 32.1. The Morgan fingerprint density at radius 3 is 1.47 bits per heavy atom. The van der Waals surface area contributed by atoms with E-state index in [-0.39, 0.29) is 0 Å². The highest BCUT2D eigenvalue weighted by Gasteiger charge is 2.09. The van der Waals surface area contributed by atoms with Crippen LogP contribution in [-0.4, -0.2) is 25.4 Å². The highest BCUT2D eigenvalue weighted by Crippen LogP contribution is 2.22. The lowest BCUT2D eigenvalue weighted by Crippen LogP contribution is -2.08. The number of hydrogen-bond donors (Lipinski definition) is 0. The van der Waals surface area contributed by atoms with Gasteiger partial charge in [-0.2, -0.15) is 0 Å². The average Bonchev–Trinajstić information content (AvgIpc) is 3.16. The van der Waals surface area contributed by atoms with Crippen LogP contribution in [0.2, 0.25) is 0 Å². The summed E-state index contributed by atoms with van der Waals surface area (Å²) in [6.07, 6.45) is 30.9. The molecule has 0 saturated carbocycles. The number of nitrogens with zero attached hydrogens (tertiary/aromatic N) is 1. The van der Waals surface area contributed by atoms with E-state index in [1.807, 2.05) is 48.5 Å². The molecule has 280 valence electrons. The minimum Gasteiger partial charge on any atom is -0.494 e. The van der Waals surface area contributed by atoms with E-state index in [1.165, 1.54) is 128 Å². The lowest BCUT2D eigenvalue weighted by molar-refractivity contribution is 0.0734. The Morgan fingerprint density at radius 2 is 0.961 bits per heavy atom. The van der Waals surface area contributed by atoms with E-state index in [4.69, 9.17) is 14.2 Å². The molecule has 0 fully saturated rings. The third kappa shape index (κ3) is 20.1. The molecule has 0 saturated heterocycles. The Bertz CT molecular complexity index is 1320. The second kappa shape index (κ2) is 28.0. The van der Waals surface area contributed by atoms with Crippen LogP contribution in [0.3, 0.4) is 0 Å². The Morgan fingerprint density at radius 1 is 0.510 bits per heavy atom. The molecule has 0 bridgehead atoms. The van der Waals surface area contributed by atoms with E-state index in [9.17, 15) is 4.79 Å². The van der Waals surface area contributed by atoms with Crippen molar-refractivity contribution in [2.24, 2.45) is 4.99 Å². The molecule has 51 heavy (non-hydrogen) atoms. The molecule has 3 aromatic rings. The topological polar surface area (TPSA) is 57.1 Å². The molecule has 3 rings (SSSR count). The monoisotopic (exact) mass is 698 g/mol. The van der Waals surface area contributed by atoms with E-state index in [0.29, 0.717) is 17.9 Å². The lowest BCUT2D eigenvalue weighted by Gasteiger charge is -2.08. The van der Waals surface area contributed by atoms with Crippen LogP contribution in [0.25, 0.3) is 0 Å². The van der Waals surface area contributed by atoms with Crippen LogP contribution < -0.4 is 14.2 Å². The molecule has 0 aliphatic rings. The number of aliphatic imine (C=N–C) groups is 1. The van der Waals surface area contributed by atoms with E-state index in [1.54, 1.807) is 30.5 Å². The second-order valence-corrected chi connectivity index (χ2v) is 14.0. The lowest BCUT2D eigenvalue weighted by atomic mass is 10.0. The van der Waals surface area contributed by atoms with Crippen molar-refractivity contribution in [3.8, 4) is 17.2 Å². The summed E-state index contributed by atoms with van der Waals surface area (Å²) in [4.78, 5) is 17.3.